The predicted octanol–water partition coefficient (Wildman–Crippen LogP) is 11.1. The van der Waals surface area contributed by atoms with Crippen molar-refractivity contribution in [2.75, 3.05) is 0 Å². The van der Waals surface area contributed by atoms with E-state index in [0.29, 0.717) is 5.82 Å². The normalized spacial score (nSPS) is 13.5. The molecule has 0 saturated carbocycles. The van der Waals surface area contributed by atoms with Crippen molar-refractivity contribution in [3.05, 3.63) is 151 Å². The largest absolute Gasteiger partial charge is 0.455 e. The van der Waals surface area contributed by atoms with E-state index in [1.54, 1.807) is 0 Å². The van der Waals surface area contributed by atoms with E-state index in [0.717, 1.165) is 61.0 Å². The summed E-state index contributed by atoms with van der Waals surface area (Å²) in [5, 5.41) is 4.58. The van der Waals surface area contributed by atoms with E-state index in [2.05, 4.69) is 134 Å². The maximum Gasteiger partial charge on any atom is 0.162 e. The van der Waals surface area contributed by atoms with E-state index in [1.807, 2.05) is 24.3 Å². The predicted molar refractivity (Wildman–Crippen MR) is 192 cm³/mol. The van der Waals surface area contributed by atoms with E-state index in [4.69, 9.17) is 14.4 Å². The molecule has 0 spiro atoms. The molecule has 4 nitrogen and oxygen atoms in total. The first-order chi connectivity index (χ1) is 23.1. The van der Waals surface area contributed by atoms with Crippen molar-refractivity contribution in [3.8, 4) is 39.6 Å². The first-order valence-electron chi connectivity index (χ1n) is 16.1. The van der Waals surface area contributed by atoms with Crippen LogP contribution in [0.25, 0.3) is 83.3 Å². The molecule has 1 aliphatic carbocycles. The van der Waals surface area contributed by atoms with Crippen LogP contribution in [0.15, 0.2) is 144 Å². The molecule has 0 unspecified atom stereocenters. The molecule has 222 valence electrons. The Morgan fingerprint density at radius 2 is 1.28 bits per heavy atom. The van der Waals surface area contributed by atoms with Crippen LogP contribution in [0.3, 0.4) is 0 Å². The highest BCUT2D eigenvalue weighted by Crippen LogP contribution is 2.57. The number of hydrogen-bond acceptors (Lipinski definition) is 3. The Bertz CT molecular complexity index is 2640. The fourth-order valence-corrected chi connectivity index (χ4v) is 7.94. The minimum Gasteiger partial charge on any atom is -0.455 e. The van der Waals surface area contributed by atoms with Gasteiger partial charge in [0.05, 0.1) is 22.1 Å². The molecule has 3 aromatic heterocycles. The average Bonchev–Trinajstić information content (AvgIpc) is 3.75. The monoisotopic (exact) mass is 603 g/mol. The van der Waals surface area contributed by atoms with E-state index in [1.165, 1.54) is 27.6 Å². The molecule has 4 heteroatoms. The smallest absolute Gasteiger partial charge is 0.162 e. The van der Waals surface area contributed by atoms with E-state index in [-0.39, 0.29) is 5.41 Å². The Hall–Kier alpha value is -6.00. The van der Waals surface area contributed by atoms with Crippen LogP contribution in [0.2, 0.25) is 0 Å². The van der Waals surface area contributed by atoms with Crippen molar-refractivity contribution in [2.45, 2.75) is 19.3 Å². The van der Waals surface area contributed by atoms with Gasteiger partial charge in [-0.3, -0.25) is 4.57 Å². The first kappa shape index (κ1) is 26.2. The van der Waals surface area contributed by atoms with Gasteiger partial charge in [0.25, 0.3) is 0 Å². The quantitative estimate of drug-likeness (QED) is 0.202. The molecule has 0 saturated heterocycles. The van der Waals surface area contributed by atoms with Crippen LogP contribution < -0.4 is 0 Å². The number of rotatable bonds is 3. The van der Waals surface area contributed by atoms with Crippen molar-refractivity contribution in [1.82, 2.24) is 14.5 Å². The van der Waals surface area contributed by atoms with Crippen molar-refractivity contribution in [3.63, 3.8) is 0 Å². The van der Waals surface area contributed by atoms with Gasteiger partial charge in [0.1, 0.15) is 17.0 Å². The zero-order valence-corrected chi connectivity index (χ0v) is 26.0. The molecule has 0 amide bonds. The number of fused-ring (bicyclic) bond motifs is 12. The molecule has 9 aromatic rings. The minimum atomic E-state index is -0.277. The van der Waals surface area contributed by atoms with Crippen LogP contribution in [0.1, 0.15) is 25.0 Å². The van der Waals surface area contributed by atoms with E-state index in [9.17, 15) is 0 Å². The van der Waals surface area contributed by atoms with Crippen LogP contribution in [-0.2, 0) is 5.41 Å². The second-order valence-corrected chi connectivity index (χ2v) is 13.0. The maximum atomic E-state index is 6.87. The molecular weight excluding hydrogens is 574 g/mol. The summed E-state index contributed by atoms with van der Waals surface area (Å²) in [6.07, 6.45) is 0. The van der Waals surface area contributed by atoms with Gasteiger partial charge in [0, 0.05) is 38.8 Å². The van der Waals surface area contributed by atoms with Crippen molar-refractivity contribution in [2.24, 2.45) is 0 Å². The molecule has 0 N–H and O–H groups in total. The third-order valence-electron chi connectivity index (χ3n) is 9.97. The number of nitrogens with zero attached hydrogens (tertiary/aromatic N) is 3. The third kappa shape index (κ3) is 3.58. The molecule has 6 aromatic carbocycles. The zero-order chi connectivity index (χ0) is 31.3. The minimum absolute atomic E-state index is 0.277. The lowest BCUT2D eigenvalue weighted by atomic mass is 9.81. The molecule has 3 heterocycles. The Morgan fingerprint density at radius 3 is 2.09 bits per heavy atom. The lowest BCUT2D eigenvalue weighted by Crippen LogP contribution is -2.17. The zero-order valence-electron chi connectivity index (χ0n) is 26.0. The van der Waals surface area contributed by atoms with Gasteiger partial charge in [-0.25, -0.2) is 9.97 Å². The number of hydrogen-bond donors (Lipinski definition) is 0. The maximum absolute atomic E-state index is 6.87. The van der Waals surface area contributed by atoms with Crippen LogP contribution in [0.5, 0.6) is 0 Å². The highest BCUT2D eigenvalue weighted by atomic mass is 16.3. The number of para-hydroxylation sites is 2. The fraction of sp³-hybridized carbons (Fsp3) is 0.0698. The summed E-state index contributed by atoms with van der Waals surface area (Å²) in [6.45, 7) is 4.72. The molecule has 0 bridgehead atoms. The topological polar surface area (TPSA) is 43.9 Å². The molecule has 0 atom stereocenters. The summed E-state index contributed by atoms with van der Waals surface area (Å²) in [5.41, 5.74) is 11.8. The lowest BCUT2D eigenvalue weighted by Gasteiger charge is -2.24. The SMILES string of the molecule is CC1(C)c2ccccc2-c2c1c1c(c3ccccc3n1-c1cc(-c3ccccc3)nc(-c3ccccc3)n1)c1oc3ccccc3c21. The first-order valence-corrected chi connectivity index (χ1v) is 16.1. The Labute approximate surface area is 271 Å². The summed E-state index contributed by atoms with van der Waals surface area (Å²) in [5.74, 6) is 1.52. The summed E-state index contributed by atoms with van der Waals surface area (Å²) >= 11 is 0. The lowest BCUT2D eigenvalue weighted by molar-refractivity contribution is 0.662. The van der Waals surface area contributed by atoms with Gasteiger partial charge in [0.2, 0.25) is 0 Å². The van der Waals surface area contributed by atoms with Crippen LogP contribution >= 0.6 is 0 Å². The molecule has 0 radical (unpaired) electrons. The van der Waals surface area contributed by atoms with Gasteiger partial charge >= 0.3 is 0 Å². The van der Waals surface area contributed by atoms with E-state index < -0.39 is 0 Å². The highest BCUT2D eigenvalue weighted by Gasteiger charge is 2.41. The summed E-state index contributed by atoms with van der Waals surface area (Å²) in [7, 11) is 0. The van der Waals surface area contributed by atoms with Crippen molar-refractivity contribution >= 4 is 43.7 Å². The molecule has 10 rings (SSSR count). The summed E-state index contributed by atoms with van der Waals surface area (Å²) in [4.78, 5) is 10.5. The molecule has 47 heavy (non-hydrogen) atoms. The van der Waals surface area contributed by atoms with Gasteiger partial charge in [-0.2, -0.15) is 0 Å². The molecule has 0 aliphatic heterocycles. The highest BCUT2D eigenvalue weighted by molar-refractivity contribution is 6.30. The van der Waals surface area contributed by atoms with Crippen LogP contribution in [-0.4, -0.2) is 14.5 Å². The van der Waals surface area contributed by atoms with Crippen LogP contribution in [0.4, 0.5) is 0 Å². The number of furan rings is 1. The van der Waals surface area contributed by atoms with E-state index >= 15 is 0 Å². The summed E-state index contributed by atoms with van der Waals surface area (Å²) < 4.78 is 9.24. The average molecular weight is 604 g/mol. The number of aromatic nitrogens is 3. The number of benzene rings is 6. The Morgan fingerprint density at radius 1 is 0.617 bits per heavy atom. The molecular formula is C43H29N3O. The standard InChI is InChI=1S/C43H29N3O/c1-43(2)31-22-12-9-19-28(31)36-37-30-21-11-14-24-34(30)47-41(37)38-29-20-10-13-23-33(29)46(40(38)39(36)43)35-25-32(26-15-5-3-6-16-26)44-42(45-35)27-17-7-4-8-18-27/h3-25H,1-2H3. The van der Waals surface area contributed by atoms with Gasteiger partial charge in [0.15, 0.2) is 5.82 Å². The Kier molecular flexibility index (Phi) is 5.31. The molecule has 1 aliphatic rings. The van der Waals surface area contributed by atoms with Crippen LogP contribution in [0, 0.1) is 0 Å². The Balaban J connectivity index is 1.44. The second-order valence-electron chi connectivity index (χ2n) is 13.0. The summed E-state index contributed by atoms with van der Waals surface area (Å²) in [6, 6.07) is 48.8. The fourth-order valence-electron chi connectivity index (χ4n) is 7.94. The third-order valence-corrected chi connectivity index (χ3v) is 9.97. The van der Waals surface area contributed by atoms with Gasteiger partial charge in [-0.1, -0.05) is 135 Å². The molecule has 0 fully saturated rings. The van der Waals surface area contributed by atoms with Gasteiger partial charge in [-0.15, -0.1) is 0 Å². The second kappa shape index (κ2) is 9.51. The van der Waals surface area contributed by atoms with Crippen molar-refractivity contribution < 1.29 is 4.42 Å². The van der Waals surface area contributed by atoms with Gasteiger partial charge < -0.3 is 4.42 Å². The van der Waals surface area contributed by atoms with Crippen molar-refractivity contribution in [1.29, 1.82) is 0 Å². The van der Waals surface area contributed by atoms with Gasteiger partial charge in [-0.05, 0) is 34.4 Å².